The van der Waals surface area contributed by atoms with Crippen LogP contribution in [0.25, 0.3) is 0 Å². The first kappa shape index (κ1) is 12.9. The van der Waals surface area contributed by atoms with Crippen molar-refractivity contribution in [2.24, 2.45) is 10.2 Å². The maximum absolute atomic E-state index is 5.81. The summed E-state index contributed by atoms with van der Waals surface area (Å²) in [6.45, 7) is 0. The highest BCUT2D eigenvalue weighted by Gasteiger charge is 2.08. The molecule has 0 bridgehead atoms. The number of nitrogens with two attached hydrogens (primary N) is 1. The molecule has 0 saturated carbocycles. The Morgan fingerprint density at radius 3 is 2.21 bits per heavy atom. The van der Waals surface area contributed by atoms with Crippen molar-refractivity contribution in [3.8, 4) is 11.5 Å². The normalized spacial score (nSPS) is 10.6. The standard InChI is InChI=1S/C14H15N3O2/c1-18-13-9-12(14(19-2)8-11(13)15)17-16-10-6-4-3-5-7-10/h3-9H,15H2,1-2H3/b17-16+. The van der Waals surface area contributed by atoms with E-state index in [1.54, 1.807) is 26.4 Å². The van der Waals surface area contributed by atoms with Gasteiger partial charge in [0.25, 0.3) is 0 Å². The number of benzene rings is 2. The van der Waals surface area contributed by atoms with Crippen molar-refractivity contribution in [2.75, 3.05) is 20.0 Å². The summed E-state index contributed by atoms with van der Waals surface area (Å²) in [7, 11) is 3.11. The zero-order chi connectivity index (χ0) is 13.7. The quantitative estimate of drug-likeness (QED) is 0.670. The summed E-state index contributed by atoms with van der Waals surface area (Å²) >= 11 is 0. The molecule has 0 radical (unpaired) electrons. The number of hydrogen-bond donors (Lipinski definition) is 1. The molecule has 0 aromatic heterocycles. The fourth-order valence-corrected chi connectivity index (χ4v) is 1.59. The second-order valence-corrected chi connectivity index (χ2v) is 3.80. The van der Waals surface area contributed by atoms with Gasteiger partial charge >= 0.3 is 0 Å². The Labute approximate surface area is 111 Å². The van der Waals surface area contributed by atoms with E-state index in [-0.39, 0.29) is 0 Å². The fraction of sp³-hybridized carbons (Fsp3) is 0.143. The second-order valence-electron chi connectivity index (χ2n) is 3.80. The number of methoxy groups -OCH3 is 2. The molecule has 98 valence electrons. The zero-order valence-corrected chi connectivity index (χ0v) is 10.8. The van der Waals surface area contributed by atoms with E-state index in [4.69, 9.17) is 15.2 Å². The van der Waals surface area contributed by atoms with E-state index in [2.05, 4.69) is 10.2 Å². The number of anilines is 1. The van der Waals surface area contributed by atoms with Crippen LogP contribution >= 0.6 is 0 Å². The molecule has 2 rings (SSSR count). The van der Waals surface area contributed by atoms with Crippen LogP contribution in [-0.4, -0.2) is 14.2 Å². The molecular weight excluding hydrogens is 242 g/mol. The van der Waals surface area contributed by atoms with Crippen molar-refractivity contribution in [3.05, 3.63) is 42.5 Å². The highest BCUT2D eigenvalue weighted by atomic mass is 16.5. The molecule has 2 N–H and O–H groups in total. The lowest BCUT2D eigenvalue weighted by molar-refractivity contribution is 0.406. The van der Waals surface area contributed by atoms with E-state index in [0.717, 1.165) is 5.69 Å². The highest BCUT2D eigenvalue weighted by Crippen LogP contribution is 2.37. The van der Waals surface area contributed by atoms with Crippen LogP contribution in [0.2, 0.25) is 0 Å². The van der Waals surface area contributed by atoms with Gasteiger partial charge in [0.2, 0.25) is 0 Å². The van der Waals surface area contributed by atoms with Crippen LogP contribution in [0.5, 0.6) is 11.5 Å². The molecule has 0 unspecified atom stereocenters. The van der Waals surface area contributed by atoms with Gasteiger partial charge in [-0.3, -0.25) is 0 Å². The topological polar surface area (TPSA) is 69.2 Å². The minimum Gasteiger partial charge on any atom is -0.495 e. The van der Waals surface area contributed by atoms with E-state index >= 15 is 0 Å². The predicted molar refractivity (Wildman–Crippen MR) is 74.6 cm³/mol. The summed E-state index contributed by atoms with van der Waals surface area (Å²) in [4.78, 5) is 0. The molecule has 0 fully saturated rings. The summed E-state index contributed by atoms with van der Waals surface area (Å²) in [5.74, 6) is 1.10. The van der Waals surface area contributed by atoms with Crippen LogP contribution < -0.4 is 15.2 Å². The highest BCUT2D eigenvalue weighted by molar-refractivity contribution is 5.66. The summed E-state index contributed by atoms with van der Waals surface area (Å²) in [6, 6.07) is 12.8. The SMILES string of the molecule is COc1cc(/N=N/c2ccccc2)c(OC)cc1N. The van der Waals surface area contributed by atoms with E-state index in [9.17, 15) is 0 Å². The largest absolute Gasteiger partial charge is 0.495 e. The lowest BCUT2D eigenvalue weighted by Gasteiger charge is -2.09. The van der Waals surface area contributed by atoms with Gasteiger partial charge in [-0.15, -0.1) is 5.11 Å². The smallest absolute Gasteiger partial charge is 0.148 e. The number of azo groups is 1. The fourth-order valence-electron chi connectivity index (χ4n) is 1.59. The van der Waals surface area contributed by atoms with E-state index in [1.807, 2.05) is 30.3 Å². The Hall–Kier alpha value is -2.56. The molecule has 5 heteroatoms. The Kier molecular flexibility index (Phi) is 3.97. The number of nitrogen functional groups attached to an aromatic ring is 1. The molecular formula is C14H15N3O2. The summed E-state index contributed by atoms with van der Waals surface area (Å²) < 4.78 is 10.4. The second kappa shape index (κ2) is 5.86. The maximum atomic E-state index is 5.81. The van der Waals surface area contributed by atoms with Crippen LogP contribution in [0, 0.1) is 0 Å². The first-order chi connectivity index (χ1) is 9.24. The number of nitrogens with zero attached hydrogens (tertiary/aromatic N) is 2. The summed E-state index contributed by atoms with van der Waals surface area (Å²) in [5.41, 5.74) is 7.64. The van der Waals surface area contributed by atoms with Crippen molar-refractivity contribution in [1.29, 1.82) is 0 Å². The van der Waals surface area contributed by atoms with Gasteiger partial charge < -0.3 is 15.2 Å². The van der Waals surface area contributed by atoms with E-state index in [0.29, 0.717) is 22.9 Å². The molecule has 19 heavy (non-hydrogen) atoms. The average Bonchev–Trinajstić information content (AvgIpc) is 2.46. The average molecular weight is 257 g/mol. The van der Waals surface area contributed by atoms with Crippen LogP contribution in [0.4, 0.5) is 17.1 Å². The lowest BCUT2D eigenvalue weighted by Crippen LogP contribution is -1.93. The first-order valence-corrected chi connectivity index (χ1v) is 5.73. The molecule has 0 aliphatic heterocycles. The Morgan fingerprint density at radius 2 is 1.58 bits per heavy atom. The number of rotatable bonds is 4. The third-order valence-corrected chi connectivity index (χ3v) is 2.56. The molecule has 0 aliphatic carbocycles. The van der Waals surface area contributed by atoms with Crippen molar-refractivity contribution in [3.63, 3.8) is 0 Å². The van der Waals surface area contributed by atoms with Crippen molar-refractivity contribution in [2.45, 2.75) is 0 Å². The molecule has 0 spiro atoms. The van der Waals surface area contributed by atoms with Gasteiger partial charge in [-0.05, 0) is 12.1 Å². The molecule has 0 saturated heterocycles. The molecule has 2 aromatic carbocycles. The lowest BCUT2D eigenvalue weighted by atomic mass is 10.2. The van der Waals surface area contributed by atoms with Gasteiger partial charge in [-0.1, -0.05) is 18.2 Å². The van der Waals surface area contributed by atoms with Gasteiger partial charge in [0, 0.05) is 12.1 Å². The Morgan fingerprint density at radius 1 is 0.895 bits per heavy atom. The third-order valence-electron chi connectivity index (χ3n) is 2.56. The van der Waals surface area contributed by atoms with Crippen LogP contribution in [-0.2, 0) is 0 Å². The molecule has 0 atom stereocenters. The predicted octanol–water partition coefficient (Wildman–Crippen LogP) is 3.70. The summed E-state index contributed by atoms with van der Waals surface area (Å²) in [5, 5.41) is 8.30. The van der Waals surface area contributed by atoms with Gasteiger partial charge in [0.05, 0.1) is 25.6 Å². The van der Waals surface area contributed by atoms with Crippen LogP contribution in [0.1, 0.15) is 0 Å². The van der Waals surface area contributed by atoms with Gasteiger partial charge in [0.15, 0.2) is 0 Å². The number of ether oxygens (including phenoxy) is 2. The molecule has 5 nitrogen and oxygen atoms in total. The third kappa shape index (κ3) is 3.01. The zero-order valence-electron chi connectivity index (χ0n) is 10.8. The van der Waals surface area contributed by atoms with E-state index in [1.165, 1.54) is 0 Å². The van der Waals surface area contributed by atoms with Crippen molar-refractivity contribution >= 4 is 17.1 Å². The minimum absolute atomic E-state index is 0.498. The van der Waals surface area contributed by atoms with Crippen molar-refractivity contribution < 1.29 is 9.47 Å². The molecule has 0 heterocycles. The van der Waals surface area contributed by atoms with Crippen LogP contribution in [0.15, 0.2) is 52.7 Å². The minimum atomic E-state index is 0.498. The molecule has 2 aromatic rings. The number of hydrogen-bond acceptors (Lipinski definition) is 5. The Balaban J connectivity index is 2.36. The molecule has 0 aliphatic rings. The van der Waals surface area contributed by atoms with E-state index < -0.39 is 0 Å². The van der Waals surface area contributed by atoms with Crippen LogP contribution in [0.3, 0.4) is 0 Å². The van der Waals surface area contributed by atoms with Crippen molar-refractivity contribution in [1.82, 2.24) is 0 Å². The molecule has 0 amide bonds. The monoisotopic (exact) mass is 257 g/mol. The maximum Gasteiger partial charge on any atom is 0.148 e. The van der Waals surface area contributed by atoms with Gasteiger partial charge in [-0.2, -0.15) is 5.11 Å². The first-order valence-electron chi connectivity index (χ1n) is 5.73. The Bertz CT molecular complexity index is 583. The summed E-state index contributed by atoms with van der Waals surface area (Å²) in [6.07, 6.45) is 0. The van der Waals surface area contributed by atoms with Gasteiger partial charge in [0.1, 0.15) is 17.2 Å². The van der Waals surface area contributed by atoms with Gasteiger partial charge in [-0.25, -0.2) is 0 Å².